The molecule has 2 amide bonds. The molecule has 0 aromatic carbocycles. The first kappa shape index (κ1) is 31.0. The number of amides is 2. The molecule has 6 aliphatic rings. The number of quaternary nitrogens is 1. The Morgan fingerprint density at radius 1 is 1.16 bits per heavy atom. The van der Waals surface area contributed by atoms with Crippen LogP contribution in [0, 0.1) is 28.9 Å². The maximum atomic E-state index is 15.5. The summed E-state index contributed by atoms with van der Waals surface area (Å²) in [6, 6.07) is -0.952. The van der Waals surface area contributed by atoms with Crippen molar-refractivity contribution in [3.8, 4) is 0 Å². The molecule has 0 aromatic heterocycles. The molecule has 240 valence electrons. The number of aliphatic imine (C=N–C) groups is 1. The van der Waals surface area contributed by atoms with Crippen LogP contribution < -0.4 is 21.7 Å². The molecule has 10 atom stereocenters. The molecular weight excluding hydrogens is 558 g/mol. The molecular formula is C30H48F2N8O3. The van der Waals surface area contributed by atoms with Crippen LogP contribution in [0.2, 0.25) is 0 Å². The van der Waals surface area contributed by atoms with Gasteiger partial charge in [0, 0.05) is 49.6 Å². The van der Waals surface area contributed by atoms with E-state index in [2.05, 4.69) is 37.8 Å². The molecule has 4 saturated heterocycles. The van der Waals surface area contributed by atoms with Crippen LogP contribution in [-0.4, -0.2) is 122 Å². The van der Waals surface area contributed by atoms with E-state index in [0.717, 1.165) is 32.4 Å². The third-order valence-electron chi connectivity index (χ3n) is 10.9. The lowest BCUT2D eigenvalue weighted by molar-refractivity contribution is -0.857. The number of nitrogens with zero attached hydrogens (tertiary/aromatic N) is 4. The minimum Gasteiger partial charge on any atom is -0.626 e. The summed E-state index contributed by atoms with van der Waals surface area (Å²) < 4.78 is 29.5. The predicted molar refractivity (Wildman–Crippen MR) is 159 cm³/mol. The molecule has 13 heteroatoms. The Hall–Kier alpha value is -2.03. The van der Waals surface area contributed by atoms with Gasteiger partial charge in [0.2, 0.25) is 11.8 Å². The van der Waals surface area contributed by atoms with E-state index >= 15 is 4.39 Å². The van der Waals surface area contributed by atoms with Crippen LogP contribution in [0.25, 0.3) is 0 Å². The van der Waals surface area contributed by atoms with Gasteiger partial charge in [-0.1, -0.05) is 13.3 Å². The van der Waals surface area contributed by atoms with Crippen LogP contribution in [0.5, 0.6) is 0 Å². The van der Waals surface area contributed by atoms with Crippen LogP contribution in [0.4, 0.5) is 8.78 Å². The Morgan fingerprint density at radius 3 is 2.63 bits per heavy atom. The zero-order chi connectivity index (χ0) is 30.5. The molecule has 0 aromatic rings. The highest BCUT2D eigenvalue weighted by molar-refractivity contribution is 5.84. The number of carbonyl (C=O) groups is 2. The van der Waals surface area contributed by atoms with Gasteiger partial charge in [0.15, 0.2) is 12.1 Å². The predicted octanol–water partition coefficient (Wildman–Crippen LogP) is 0.613. The van der Waals surface area contributed by atoms with Crippen molar-refractivity contribution in [2.75, 3.05) is 52.9 Å². The van der Waals surface area contributed by atoms with Crippen LogP contribution in [-0.2, 0) is 9.59 Å². The third kappa shape index (κ3) is 5.77. The fourth-order valence-electron chi connectivity index (χ4n) is 8.76. The van der Waals surface area contributed by atoms with Gasteiger partial charge < -0.3 is 30.7 Å². The fourth-order valence-corrected chi connectivity index (χ4v) is 8.76. The number of hydroxylamine groups is 3. The maximum absolute atomic E-state index is 15.5. The Labute approximate surface area is 252 Å². The second-order valence-electron chi connectivity index (χ2n) is 13.7. The number of allylic oxidation sites excluding steroid dienone is 1. The minimum absolute atomic E-state index is 0.0748. The summed E-state index contributed by atoms with van der Waals surface area (Å²) in [4.78, 5) is 35.5. The maximum Gasteiger partial charge on any atom is 0.237 e. The first-order valence-electron chi connectivity index (χ1n) is 16.3. The van der Waals surface area contributed by atoms with E-state index in [0.29, 0.717) is 43.9 Å². The lowest BCUT2D eigenvalue weighted by Gasteiger charge is -2.45. The molecule has 0 aliphatic carbocycles. The summed E-state index contributed by atoms with van der Waals surface area (Å²) in [5.74, 6) is -1.81. The number of piperidine rings is 2. The van der Waals surface area contributed by atoms with Crippen molar-refractivity contribution in [1.29, 1.82) is 0 Å². The number of halogens is 2. The van der Waals surface area contributed by atoms with Crippen molar-refractivity contribution in [2.24, 2.45) is 34.4 Å². The minimum atomic E-state index is -1.28. The quantitative estimate of drug-likeness (QED) is 0.246. The van der Waals surface area contributed by atoms with Gasteiger partial charge in [0.05, 0.1) is 18.6 Å². The summed E-state index contributed by atoms with van der Waals surface area (Å²) in [6.07, 6.45) is 1.63. The van der Waals surface area contributed by atoms with Gasteiger partial charge in [-0.15, -0.1) is 0 Å². The number of rotatable bonds is 7. The smallest absolute Gasteiger partial charge is 0.237 e. The second-order valence-corrected chi connectivity index (χ2v) is 13.7. The van der Waals surface area contributed by atoms with Gasteiger partial charge in [-0.25, -0.2) is 8.78 Å². The SMILES string of the molecule is CCCC1C2=C3N=CC(F)CC1C[N+]2([O-])C(N)C3C(=O)NC1CNCC(F)C1N1CCC(C(=O)NC2CCN(C)C2)CC1. The van der Waals surface area contributed by atoms with E-state index in [1.165, 1.54) is 6.21 Å². The summed E-state index contributed by atoms with van der Waals surface area (Å²) >= 11 is 0. The van der Waals surface area contributed by atoms with Crippen molar-refractivity contribution in [1.82, 2.24) is 25.8 Å². The topological polar surface area (TPSA) is 138 Å². The monoisotopic (exact) mass is 606 g/mol. The summed E-state index contributed by atoms with van der Waals surface area (Å²) in [5.41, 5.74) is 7.41. The highest BCUT2D eigenvalue weighted by atomic mass is 19.1. The number of carbonyl (C=O) groups excluding carboxylic acids is 2. The first-order valence-corrected chi connectivity index (χ1v) is 16.3. The number of nitrogens with one attached hydrogen (secondary N) is 3. The number of likely N-dealkylation sites (tertiary alicyclic amines) is 2. The van der Waals surface area contributed by atoms with Crippen molar-refractivity contribution in [3.63, 3.8) is 0 Å². The number of fused-ring (bicyclic) bond motifs is 1. The van der Waals surface area contributed by atoms with Crippen LogP contribution in [0.3, 0.4) is 0 Å². The normalized spacial score (nSPS) is 42.2. The second kappa shape index (κ2) is 12.4. The zero-order valence-corrected chi connectivity index (χ0v) is 25.4. The molecule has 6 heterocycles. The van der Waals surface area contributed by atoms with E-state index in [4.69, 9.17) is 5.73 Å². The number of nitrogens with two attached hydrogens (primary N) is 1. The lowest BCUT2D eigenvalue weighted by Crippen LogP contribution is -2.67. The molecule has 4 fully saturated rings. The molecule has 2 bridgehead atoms. The highest BCUT2D eigenvalue weighted by Gasteiger charge is 2.60. The van der Waals surface area contributed by atoms with E-state index in [9.17, 15) is 19.2 Å². The van der Waals surface area contributed by atoms with Crippen LogP contribution >= 0.6 is 0 Å². The van der Waals surface area contributed by atoms with Crippen LogP contribution in [0.15, 0.2) is 16.4 Å². The van der Waals surface area contributed by atoms with E-state index in [-0.39, 0.29) is 49.2 Å². The van der Waals surface area contributed by atoms with E-state index in [1.54, 1.807) is 0 Å². The molecule has 11 nitrogen and oxygen atoms in total. The molecule has 0 saturated carbocycles. The number of likely N-dealkylation sites (N-methyl/N-ethyl adjacent to an activating group) is 1. The van der Waals surface area contributed by atoms with E-state index in [1.807, 2.05) is 6.92 Å². The standard InChI is InChI=1S/C30H48F2N8O3/c1-3-4-21-18-11-19(31)12-35-25-24(28(33)40(43,16-18)27(21)25)30(42)37-23-14-34-13-22(32)26(23)39-9-5-17(6-10-39)29(41)36-20-7-8-38(2)15-20/h12,17-24,26,28,34H,3-11,13-16,33H2,1-2H3,(H,36,41)(H,37,42). The Bertz CT molecular complexity index is 1130. The van der Waals surface area contributed by atoms with Crippen LogP contribution in [0.1, 0.15) is 45.4 Å². The zero-order valence-electron chi connectivity index (χ0n) is 25.4. The molecule has 0 spiro atoms. The van der Waals surface area contributed by atoms with Gasteiger partial charge in [0.1, 0.15) is 23.7 Å². The van der Waals surface area contributed by atoms with Gasteiger partial charge in [-0.2, -0.15) is 0 Å². The number of alkyl halides is 2. The fraction of sp³-hybridized carbons (Fsp3) is 0.833. The summed E-state index contributed by atoms with van der Waals surface area (Å²) in [5, 5.41) is 23.5. The number of hydrogen-bond acceptors (Lipinski definition) is 8. The van der Waals surface area contributed by atoms with Crippen molar-refractivity contribution < 1.29 is 23.0 Å². The molecule has 43 heavy (non-hydrogen) atoms. The van der Waals surface area contributed by atoms with Crippen molar-refractivity contribution in [2.45, 2.75) is 82.1 Å². The largest absolute Gasteiger partial charge is 0.626 e. The van der Waals surface area contributed by atoms with E-state index < -0.39 is 47.1 Å². The molecule has 6 rings (SSSR count). The van der Waals surface area contributed by atoms with Gasteiger partial charge in [-0.05, 0) is 58.8 Å². The summed E-state index contributed by atoms with van der Waals surface area (Å²) in [7, 11) is 2.05. The highest BCUT2D eigenvalue weighted by Crippen LogP contribution is 2.53. The Balaban J connectivity index is 1.15. The first-order chi connectivity index (χ1) is 20.6. The van der Waals surface area contributed by atoms with Crippen molar-refractivity contribution in [3.05, 3.63) is 16.6 Å². The average molecular weight is 607 g/mol. The number of hydrogen-bond donors (Lipinski definition) is 4. The van der Waals surface area contributed by atoms with Gasteiger partial charge in [0.25, 0.3) is 0 Å². The summed E-state index contributed by atoms with van der Waals surface area (Å²) in [6.45, 7) is 5.68. The molecule has 0 radical (unpaired) electrons. The average Bonchev–Trinajstić information content (AvgIpc) is 3.57. The Kier molecular flexibility index (Phi) is 8.93. The van der Waals surface area contributed by atoms with Gasteiger partial charge in [-0.3, -0.25) is 25.2 Å². The lowest BCUT2D eigenvalue weighted by atomic mass is 9.83. The Morgan fingerprint density at radius 2 is 1.93 bits per heavy atom. The molecule has 10 unspecified atom stereocenters. The van der Waals surface area contributed by atoms with Crippen molar-refractivity contribution >= 4 is 18.0 Å². The molecule has 5 N–H and O–H groups in total. The van der Waals surface area contributed by atoms with Gasteiger partial charge >= 0.3 is 0 Å². The molecule has 6 aliphatic heterocycles. The third-order valence-corrected chi connectivity index (χ3v) is 10.9.